The minimum Gasteiger partial charge on any atom is -0.454 e. The highest BCUT2D eigenvalue weighted by atomic mass is 19.4. The molecule has 0 aliphatic carbocycles. The number of fused-ring (bicyclic) bond motifs is 1. The summed E-state index contributed by atoms with van der Waals surface area (Å²) in [4.78, 5) is 36.4. The lowest BCUT2D eigenvalue weighted by Crippen LogP contribution is -2.39. The van der Waals surface area contributed by atoms with Gasteiger partial charge in [-0.25, -0.2) is 4.79 Å². The second kappa shape index (κ2) is 9.25. The zero-order valence-electron chi connectivity index (χ0n) is 17.0. The Morgan fingerprint density at radius 1 is 1.22 bits per heavy atom. The van der Waals surface area contributed by atoms with Gasteiger partial charge in [0.1, 0.15) is 11.7 Å². The molecule has 1 atom stereocenters. The van der Waals surface area contributed by atoms with Gasteiger partial charge >= 0.3 is 12.1 Å². The van der Waals surface area contributed by atoms with Gasteiger partial charge in [0.15, 0.2) is 6.61 Å². The molecule has 0 saturated heterocycles. The fourth-order valence-electron chi connectivity index (χ4n) is 3.33. The second-order valence-electron chi connectivity index (χ2n) is 7.29. The Hall–Kier alpha value is -3.63. The van der Waals surface area contributed by atoms with Crippen LogP contribution in [0, 0.1) is 10.1 Å². The zero-order chi connectivity index (χ0) is 23.5. The van der Waals surface area contributed by atoms with E-state index in [1.54, 1.807) is 4.90 Å². The molecule has 8 nitrogen and oxygen atoms in total. The van der Waals surface area contributed by atoms with Crippen molar-refractivity contribution >= 4 is 23.3 Å². The lowest BCUT2D eigenvalue weighted by atomic mass is 10.00. The quantitative estimate of drug-likeness (QED) is 0.410. The fraction of sp³-hybridized carbons (Fsp3) is 0.333. The predicted molar refractivity (Wildman–Crippen MR) is 108 cm³/mol. The molecule has 32 heavy (non-hydrogen) atoms. The molecule has 1 amide bonds. The number of hydrogen-bond donors (Lipinski definition) is 1. The molecule has 0 saturated carbocycles. The van der Waals surface area contributed by atoms with Crippen molar-refractivity contribution in [1.82, 2.24) is 4.90 Å². The van der Waals surface area contributed by atoms with Crippen LogP contribution in [0.2, 0.25) is 0 Å². The summed E-state index contributed by atoms with van der Waals surface area (Å²) in [5.74, 6) is -1.26. The van der Waals surface area contributed by atoms with Crippen LogP contribution in [0.25, 0.3) is 0 Å². The van der Waals surface area contributed by atoms with E-state index in [0.29, 0.717) is 31.6 Å². The molecule has 1 N–H and O–H groups in total. The summed E-state index contributed by atoms with van der Waals surface area (Å²) >= 11 is 0. The maximum atomic E-state index is 12.8. The smallest absolute Gasteiger partial charge is 0.416 e. The molecule has 1 heterocycles. The van der Waals surface area contributed by atoms with Crippen LogP contribution in [0.4, 0.5) is 24.5 Å². The van der Waals surface area contributed by atoms with Crippen molar-refractivity contribution in [3.8, 4) is 0 Å². The summed E-state index contributed by atoms with van der Waals surface area (Å²) in [5, 5.41) is 13.6. The summed E-state index contributed by atoms with van der Waals surface area (Å²) in [6.45, 7) is 1.70. The standard InChI is InChI=1S/C21H20F3N3O5/c1-13(25-17-7-6-16(21(22,23)24)10-18(17)27(30)31)20(29)32-12-19(28)26-9-8-14-4-2-3-5-15(14)11-26/h2-7,10,13,25H,8-9,11-12H2,1H3. The van der Waals surface area contributed by atoms with Crippen molar-refractivity contribution in [2.45, 2.75) is 32.1 Å². The Morgan fingerprint density at radius 3 is 2.56 bits per heavy atom. The van der Waals surface area contributed by atoms with E-state index in [0.717, 1.165) is 17.2 Å². The number of esters is 1. The van der Waals surface area contributed by atoms with E-state index in [-0.39, 0.29) is 11.6 Å². The molecule has 0 fully saturated rings. The van der Waals surface area contributed by atoms with Crippen LogP contribution in [0.1, 0.15) is 23.6 Å². The minimum atomic E-state index is -4.75. The number of hydrogen-bond acceptors (Lipinski definition) is 6. The van der Waals surface area contributed by atoms with Crippen molar-refractivity contribution in [2.75, 3.05) is 18.5 Å². The van der Waals surface area contributed by atoms with E-state index in [1.165, 1.54) is 6.92 Å². The molecule has 3 rings (SSSR count). The molecule has 2 aromatic rings. The third-order valence-electron chi connectivity index (χ3n) is 5.07. The number of nitro groups is 1. The number of ether oxygens (including phenoxy) is 1. The summed E-state index contributed by atoms with van der Waals surface area (Å²) in [5.41, 5.74) is -0.111. The summed E-state index contributed by atoms with van der Waals surface area (Å²) in [6, 6.07) is 8.51. The Bertz CT molecular complexity index is 1040. The maximum Gasteiger partial charge on any atom is 0.416 e. The van der Waals surface area contributed by atoms with Crippen molar-refractivity contribution in [3.63, 3.8) is 0 Å². The van der Waals surface area contributed by atoms with Gasteiger partial charge in [0.2, 0.25) is 0 Å². The third kappa shape index (κ3) is 5.34. The number of nitro benzene ring substituents is 1. The Kier molecular flexibility index (Phi) is 6.66. The SMILES string of the molecule is CC(Nc1ccc(C(F)(F)F)cc1[N+](=O)[O-])C(=O)OCC(=O)N1CCc2ccccc2C1. The van der Waals surface area contributed by atoms with E-state index < -0.39 is 41.0 Å². The van der Waals surface area contributed by atoms with E-state index in [9.17, 15) is 32.9 Å². The molecule has 1 aliphatic rings. The first kappa shape index (κ1) is 23.0. The number of carbonyl (C=O) groups is 2. The van der Waals surface area contributed by atoms with Crippen molar-refractivity contribution in [2.24, 2.45) is 0 Å². The van der Waals surface area contributed by atoms with Gasteiger partial charge in [-0.3, -0.25) is 14.9 Å². The lowest BCUT2D eigenvalue weighted by Gasteiger charge is -2.28. The molecular formula is C21H20F3N3O5. The number of alkyl halides is 3. The third-order valence-corrected chi connectivity index (χ3v) is 5.07. The summed E-state index contributed by atoms with van der Waals surface area (Å²) in [7, 11) is 0. The second-order valence-corrected chi connectivity index (χ2v) is 7.29. The average molecular weight is 451 g/mol. The lowest BCUT2D eigenvalue weighted by molar-refractivity contribution is -0.384. The zero-order valence-corrected chi connectivity index (χ0v) is 17.0. The first-order valence-electron chi connectivity index (χ1n) is 9.69. The van der Waals surface area contributed by atoms with Crippen LogP contribution in [0.3, 0.4) is 0 Å². The number of halogens is 3. The predicted octanol–water partition coefficient (Wildman–Crippen LogP) is 3.54. The number of amides is 1. The molecule has 0 bridgehead atoms. The highest BCUT2D eigenvalue weighted by Gasteiger charge is 2.33. The first-order chi connectivity index (χ1) is 15.1. The van der Waals surface area contributed by atoms with Crippen LogP contribution in [0.5, 0.6) is 0 Å². The van der Waals surface area contributed by atoms with Crippen LogP contribution < -0.4 is 5.32 Å². The Labute approximate surface area is 181 Å². The highest BCUT2D eigenvalue weighted by molar-refractivity contribution is 5.84. The van der Waals surface area contributed by atoms with Gasteiger partial charge in [0.25, 0.3) is 11.6 Å². The molecule has 1 unspecified atom stereocenters. The highest BCUT2D eigenvalue weighted by Crippen LogP contribution is 2.35. The van der Waals surface area contributed by atoms with Gasteiger partial charge in [-0.15, -0.1) is 0 Å². The molecule has 170 valence electrons. The number of rotatable bonds is 6. The van der Waals surface area contributed by atoms with Crippen molar-refractivity contribution in [3.05, 3.63) is 69.3 Å². The summed E-state index contributed by atoms with van der Waals surface area (Å²) < 4.78 is 43.5. The van der Waals surface area contributed by atoms with Crippen LogP contribution in [-0.4, -0.2) is 40.9 Å². The molecule has 2 aromatic carbocycles. The minimum absolute atomic E-state index is 0.272. The molecule has 1 aliphatic heterocycles. The number of carbonyl (C=O) groups excluding carboxylic acids is 2. The molecule has 0 radical (unpaired) electrons. The van der Waals surface area contributed by atoms with Gasteiger partial charge in [0.05, 0.1) is 10.5 Å². The van der Waals surface area contributed by atoms with E-state index in [1.807, 2.05) is 24.3 Å². The normalized spacial score (nSPS) is 14.3. The van der Waals surface area contributed by atoms with Gasteiger partial charge < -0.3 is 15.0 Å². The van der Waals surface area contributed by atoms with Crippen molar-refractivity contribution in [1.29, 1.82) is 0 Å². The maximum absolute atomic E-state index is 12.8. The van der Waals surface area contributed by atoms with Crippen LogP contribution in [-0.2, 0) is 33.5 Å². The largest absolute Gasteiger partial charge is 0.454 e. The Balaban J connectivity index is 1.58. The number of benzene rings is 2. The number of anilines is 1. The van der Waals surface area contributed by atoms with E-state index in [4.69, 9.17) is 4.74 Å². The number of nitrogens with zero attached hydrogens (tertiary/aromatic N) is 2. The Morgan fingerprint density at radius 2 is 1.91 bits per heavy atom. The van der Waals surface area contributed by atoms with Gasteiger partial charge in [-0.05, 0) is 36.6 Å². The van der Waals surface area contributed by atoms with Crippen LogP contribution >= 0.6 is 0 Å². The monoisotopic (exact) mass is 451 g/mol. The average Bonchev–Trinajstić information content (AvgIpc) is 2.76. The van der Waals surface area contributed by atoms with Crippen LogP contribution in [0.15, 0.2) is 42.5 Å². The molecular weight excluding hydrogens is 431 g/mol. The molecule has 0 aromatic heterocycles. The molecule has 11 heteroatoms. The van der Waals surface area contributed by atoms with Gasteiger partial charge in [-0.1, -0.05) is 24.3 Å². The fourth-order valence-corrected chi connectivity index (χ4v) is 3.33. The van der Waals surface area contributed by atoms with E-state index >= 15 is 0 Å². The summed E-state index contributed by atoms with van der Waals surface area (Å²) in [6.07, 6.45) is -4.06. The number of nitrogens with one attached hydrogen (secondary N) is 1. The van der Waals surface area contributed by atoms with Gasteiger partial charge in [0, 0.05) is 19.2 Å². The van der Waals surface area contributed by atoms with E-state index in [2.05, 4.69) is 5.32 Å². The topological polar surface area (TPSA) is 102 Å². The van der Waals surface area contributed by atoms with Gasteiger partial charge in [-0.2, -0.15) is 13.2 Å². The first-order valence-corrected chi connectivity index (χ1v) is 9.69. The van der Waals surface area contributed by atoms with Crippen molar-refractivity contribution < 1.29 is 32.4 Å². The molecule has 0 spiro atoms.